The lowest BCUT2D eigenvalue weighted by Crippen LogP contribution is -2.48. The fourth-order valence-electron chi connectivity index (χ4n) is 3.22. The van der Waals surface area contributed by atoms with Crippen LogP contribution in [-0.4, -0.2) is 47.4 Å². The van der Waals surface area contributed by atoms with Gasteiger partial charge in [-0.2, -0.15) is 0 Å². The summed E-state index contributed by atoms with van der Waals surface area (Å²) in [7, 11) is 1.44. The summed E-state index contributed by atoms with van der Waals surface area (Å²) in [5.41, 5.74) is -0.402. The minimum absolute atomic E-state index is 0.0394. The first kappa shape index (κ1) is 23.1. The van der Waals surface area contributed by atoms with E-state index in [4.69, 9.17) is 9.47 Å². The van der Waals surface area contributed by atoms with Crippen LogP contribution < -0.4 is 0 Å². The van der Waals surface area contributed by atoms with Crippen molar-refractivity contribution in [2.75, 3.05) is 13.7 Å². The van der Waals surface area contributed by atoms with Gasteiger partial charge in [0.1, 0.15) is 12.0 Å². The number of methoxy groups -OCH3 is 1. The summed E-state index contributed by atoms with van der Waals surface area (Å²) in [5, 5.41) is 20.4. The highest BCUT2D eigenvalue weighted by atomic mass is 16.5. The highest BCUT2D eigenvalue weighted by Crippen LogP contribution is 2.27. The quantitative estimate of drug-likeness (QED) is 0.578. The second-order valence-corrected chi connectivity index (χ2v) is 7.35. The molecule has 4 atom stereocenters. The van der Waals surface area contributed by atoms with E-state index in [0.29, 0.717) is 18.6 Å². The summed E-state index contributed by atoms with van der Waals surface area (Å²) in [5.74, 6) is -2.33. The first-order valence-electron chi connectivity index (χ1n) is 9.26. The van der Waals surface area contributed by atoms with Crippen LogP contribution in [0.5, 0.6) is 0 Å². The molecule has 1 heterocycles. The Bertz CT molecular complexity index is 633. The largest absolute Gasteiger partial charge is 0.501 e. The zero-order valence-electron chi connectivity index (χ0n) is 16.9. The number of hydrogen-bond acceptors (Lipinski definition) is 6. The fourth-order valence-corrected chi connectivity index (χ4v) is 3.22. The number of cyclic esters (lactones) is 1. The predicted octanol–water partition coefficient (Wildman–Crippen LogP) is 2.70. The molecule has 6 heteroatoms. The van der Waals surface area contributed by atoms with Gasteiger partial charge in [-0.1, -0.05) is 32.1 Å². The number of carbonyl (C=O) groups is 2. The molecule has 0 spiro atoms. The van der Waals surface area contributed by atoms with Gasteiger partial charge in [-0.3, -0.25) is 9.59 Å². The molecular weight excluding hydrogens is 348 g/mol. The summed E-state index contributed by atoms with van der Waals surface area (Å²) < 4.78 is 10.8. The monoisotopic (exact) mass is 380 g/mol. The molecule has 0 aromatic carbocycles. The first-order valence-corrected chi connectivity index (χ1v) is 9.26. The zero-order chi connectivity index (χ0) is 20.8. The minimum atomic E-state index is -2.12. The topological polar surface area (TPSA) is 93.1 Å². The second kappa shape index (κ2) is 9.85. The lowest BCUT2D eigenvalue weighted by Gasteiger charge is -2.29. The molecule has 27 heavy (non-hydrogen) atoms. The van der Waals surface area contributed by atoms with E-state index in [1.807, 2.05) is 26.8 Å². The number of rotatable bonds is 3. The molecule has 1 rings (SSSR count). The van der Waals surface area contributed by atoms with E-state index in [-0.39, 0.29) is 12.3 Å². The van der Waals surface area contributed by atoms with Crippen molar-refractivity contribution in [2.24, 2.45) is 11.8 Å². The molecule has 0 aromatic heterocycles. The van der Waals surface area contributed by atoms with Crippen LogP contribution in [0.4, 0.5) is 0 Å². The Kier molecular flexibility index (Phi) is 8.44. The molecule has 0 unspecified atom stereocenters. The van der Waals surface area contributed by atoms with Gasteiger partial charge in [-0.05, 0) is 44.3 Å². The molecule has 2 N–H and O–H groups in total. The van der Waals surface area contributed by atoms with Crippen molar-refractivity contribution in [1.29, 1.82) is 0 Å². The van der Waals surface area contributed by atoms with Gasteiger partial charge < -0.3 is 19.7 Å². The molecule has 0 bridgehead atoms. The molecule has 0 aromatic rings. The van der Waals surface area contributed by atoms with E-state index >= 15 is 0 Å². The van der Waals surface area contributed by atoms with Crippen molar-refractivity contribution in [3.63, 3.8) is 0 Å². The van der Waals surface area contributed by atoms with Crippen molar-refractivity contribution in [1.82, 2.24) is 0 Å². The van der Waals surface area contributed by atoms with Crippen LogP contribution in [0.25, 0.3) is 0 Å². The van der Waals surface area contributed by atoms with E-state index < -0.39 is 36.0 Å². The number of allylic oxidation sites excluding steroid dienone is 3. The van der Waals surface area contributed by atoms with Crippen molar-refractivity contribution in [3.05, 3.63) is 35.6 Å². The standard InChI is InChI=1S/C21H32O6/c1-7-18-15(4)9-13(2)8-14(3)10-17(26-6)11-21(25,12-22)19(23)16(5)20(24)27-18/h9-10,14,16,18,22,25H,2,7-8,11-12H2,1,3-6H3/b15-9-,17-10-/t14-,16+,18+,21+/m0/s1. The number of hydrogen-bond donors (Lipinski definition) is 2. The fraction of sp³-hybridized carbons (Fsp3) is 0.619. The molecule has 0 aliphatic carbocycles. The van der Waals surface area contributed by atoms with Gasteiger partial charge in [0.2, 0.25) is 0 Å². The van der Waals surface area contributed by atoms with Gasteiger partial charge in [0.15, 0.2) is 11.4 Å². The van der Waals surface area contributed by atoms with Crippen molar-refractivity contribution in [2.45, 2.75) is 58.7 Å². The average molecular weight is 380 g/mol. The smallest absolute Gasteiger partial charge is 0.316 e. The maximum Gasteiger partial charge on any atom is 0.316 e. The van der Waals surface area contributed by atoms with Crippen molar-refractivity contribution >= 4 is 11.8 Å². The summed E-state index contributed by atoms with van der Waals surface area (Å²) in [4.78, 5) is 25.2. The number of Topliss-reactive ketones (excluding diaryl/α,β-unsaturated/α-hetero) is 1. The van der Waals surface area contributed by atoms with Crippen LogP contribution in [-0.2, 0) is 19.1 Å². The number of carbonyl (C=O) groups excluding carboxylic acids is 2. The van der Waals surface area contributed by atoms with Crippen LogP contribution in [0.15, 0.2) is 35.6 Å². The van der Waals surface area contributed by atoms with E-state index in [2.05, 4.69) is 6.58 Å². The summed E-state index contributed by atoms with van der Waals surface area (Å²) in [6.07, 6.45) is 4.19. The average Bonchev–Trinajstić information content (AvgIpc) is 2.62. The molecule has 6 nitrogen and oxygen atoms in total. The Hall–Kier alpha value is -1.92. The third-order valence-electron chi connectivity index (χ3n) is 4.82. The second-order valence-electron chi connectivity index (χ2n) is 7.35. The molecule has 1 aliphatic rings. The molecule has 152 valence electrons. The van der Waals surface area contributed by atoms with Gasteiger partial charge in [-0.25, -0.2) is 0 Å². The number of esters is 1. The SMILES string of the molecule is C=C1/C=C(/C)[C@@H](CC)OC(=O)[C@H](C)C(=O)[C@](O)(CO)C/C(OC)=C/[C@@H](C)C1. The number of aliphatic hydroxyl groups excluding tert-OH is 1. The zero-order valence-corrected chi connectivity index (χ0v) is 16.9. The van der Waals surface area contributed by atoms with Crippen LogP contribution in [0, 0.1) is 11.8 Å². The van der Waals surface area contributed by atoms with Crippen LogP contribution >= 0.6 is 0 Å². The lowest BCUT2D eigenvalue weighted by molar-refractivity contribution is -0.162. The van der Waals surface area contributed by atoms with Gasteiger partial charge in [0.05, 0.1) is 19.5 Å². The summed E-state index contributed by atoms with van der Waals surface area (Å²) >= 11 is 0. The van der Waals surface area contributed by atoms with Crippen LogP contribution in [0.2, 0.25) is 0 Å². The highest BCUT2D eigenvalue weighted by molar-refractivity contribution is 6.03. The van der Waals surface area contributed by atoms with E-state index in [1.54, 1.807) is 6.08 Å². The highest BCUT2D eigenvalue weighted by Gasteiger charge is 2.42. The molecule has 0 saturated heterocycles. The van der Waals surface area contributed by atoms with E-state index in [1.165, 1.54) is 14.0 Å². The third-order valence-corrected chi connectivity index (χ3v) is 4.82. The van der Waals surface area contributed by atoms with Crippen LogP contribution in [0.3, 0.4) is 0 Å². The Morgan fingerprint density at radius 2 is 2.00 bits per heavy atom. The molecule has 0 fully saturated rings. The Morgan fingerprint density at radius 3 is 2.52 bits per heavy atom. The maximum absolute atomic E-state index is 12.7. The summed E-state index contributed by atoms with van der Waals surface area (Å²) in [6, 6.07) is 0. The number of aliphatic hydroxyl groups is 2. The molecule has 1 aliphatic heterocycles. The van der Waals surface area contributed by atoms with Crippen molar-refractivity contribution < 1.29 is 29.3 Å². The Labute approximate surface area is 161 Å². The third kappa shape index (κ3) is 6.04. The normalized spacial score (nSPS) is 35.4. The maximum atomic E-state index is 12.7. The Balaban J connectivity index is 3.38. The van der Waals surface area contributed by atoms with Gasteiger partial charge in [0.25, 0.3) is 0 Å². The van der Waals surface area contributed by atoms with E-state index in [0.717, 1.165) is 11.1 Å². The molecule has 0 radical (unpaired) electrons. The molecule has 0 saturated carbocycles. The van der Waals surface area contributed by atoms with Gasteiger partial charge in [0, 0.05) is 6.42 Å². The van der Waals surface area contributed by atoms with Crippen LogP contribution in [0.1, 0.15) is 47.0 Å². The minimum Gasteiger partial charge on any atom is -0.501 e. The van der Waals surface area contributed by atoms with Gasteiger partial charge in [-0.15, -0.1) is 0 Å². The Morgan fingerprint density at radius 1 is 1.37 bits per heavy atom. The van der Waals surface area contributed by atoms with E-state index in [9.17, 15) is 19.8 Å². The summed E-state index contributed by atoms with van der Waals surface area (Å²) in [6.45, 7) is 10.3. The predicted molar refractivity (Wildman–Crippen MR) is 103 cm³/mol. The van der Waals surface area contributed by atoms with Crippen molar-refractivity contribution in [3.8, 4) is 0 Å². The van der Waals surface area contributed by atoms with Gasteiger partial charge >= 0.3 is 5.97 Å². The molecular formula is C21H32O6. The first-order chi connectivity index (χ1) is 12.6. The molecule has 0 amide bonds. The number of ether oxygens (including phenoxy) is 2. The lowest BCUT2D eigenvalue weighted by atomic mass is 9.86. The number of ketones is 1.